The maximum Gasteiger partial charge on any atom is 0.00292 e. The highest BCUT2D eigenvalue weighted by Gasteiger charge is 2.37. The monoisotopic (exact) mass is 143 g/mol. The lowest BCUT2D eigenvalue weighted by Crippen LogP contribution is -2.20. The van der Waals surface area contributed by atoms with Gasteiger partial charge in [-0.15, -0.1) is 0 Å². The Morgan fingerprint density at radius 3 is 1.70 bits per heavy atom. The molecule has 0 N–H and O–H groups in total. The Labute approximate surface area is 65.4 Å². The third-order valence-electron chi connectivity index (χ3n) is 1.80. The van der Waals surface area contributed by atoms with Gasteiger partial charge in [-0.05, 0) is 32.4 Å². The van der Waals surface area contributed by atoms with Crippen LogP contribution in [0.2, 0.25) is 0 Å². The van der Waals surface area contributed by atoms with Crippen LogP contribution in [0.15, 0.2) is 0 Å². The summed E-state index contributed by atoms with van der Waals surface area (Å²) in [6.07, 6.45) is 2.87. The fourth-order valence-corrected chi connectivity index (χ4v) is 1.13. The van der Waals surface area contributed by atoms with Gasteiger partial charge in [0.15, 0.2) is 0 Å². The molecule has 1 heteroatoms. The van der Waals surface area contributed by atoms with Crippen molar-refractivity contribution in [2.24, 2.45) is 5.41 Å². The molecular weight excluding hydrogens is 122 g/mol. The summed E-state index contributed by atoms with van der Waals surface area (Å²) in [7, 11) is 4.28. The molecule has 0 aromatic rings. The highest BCUT2D eigenvalue weighted by Crippen LogP contribution is 2.44. The van der Waals surface area contributed by atoms with Crippen LogP contribution in [0.1, 0.15) is 33.6 Å². The Kier molecular flexibility index (Phi) is 3.95. The summed E-state index contributed by atoms with van der Waals surface area (Å²) >= 11 is 0. The van der Waals surface area contributed by atoms with Crippen molar-refractivity contribution in [2.75, 3.05) is 20.6 Å². The van der Waals surface area contributed by atoms with Crippen molar-refractivity contribution in [3.63, 3.8) is 0 Å². The molecule has 0 aromatic heterocycles. The second kappa shape index (κ2) is 3.97. The van der Waals surface area contributed by atoms with Gasteiger partial charge in [0.05, 0.1) is 0 Å². The zero-order chi connectivity index (χ0) is 8.20. The van der Waals surface area contributed by atoms with Gasteiger partial charge in [-0.25, -0.2) is 0 Å². The van der Waals surface area contributed by atoms with Crippen LogP contribution < -0.4 is 0 Å². The molecule has 62 valence electrons. The predicted octanol–water partition coefficient (Wildman–Crippen LogP) is 2.37. The van der Waals surface area contributed by atoms with Crippen molar-refractivity contribution in [1.82, 2.24) is 4.90 Å². The highest BCUT2D eigenvalue weighted by atomic mass is 15.1. The van der Waals surface area contributed by atoms with Gasteiger partial charge < -0.3 is 4.90 Å². The van der Waals surface area contributed by atoms with E-state index >= 15 is 0 Å². The van der Waals surface area contributed by atoms with Crippen LogP contribution in [-0.2, 0) is 0 Å². The standard InChI is InChI=1S/C7H15N.C2H6/c1-7(4-5-7)6-8(2)3;1-2/h4-6H2,1-3H3;1-2H3. The molecular formula is C9H21N. The van der Waals surface area contributed by atoms with Crippen LogP contribution in [0, 0.1) is 5.41 Å². The zero-order valence-corrected chi connectivity index (χ0v) is 8.07. The van der Waals surface area contributed by atoms with Gasteiger partial charge in [0.1, 0.15) is 0 Å². The quantitative estimate of drug-likeness (QED) is 0.573. The minimum Gasteiger partial charge on any atom is -0.309 e. The summed E-state index contributed by atoms with van der Waals surface area (Å²) in [6, 6.07) is 0. The summed E-state index contributed by atoms with van der Waals surface area (Å²) in [5.41, 5.74) is 0.698. The normalized spacial score (nSPS) is 19.8. The average molecular weight is 143 g/mol. The molecule has 1 nitrogen and oxygen atoms in total. The molecule has 0 atom stereocenters. The molecule has 0 radical (unpaired) electrons. The van der Waals surface area contributed by atoms with E-state index in [1.807, 2.05) is 13.8 Å². The number of hydrogen-bond acceptors (Lipinski definition) is 1. The van der Waals surface area contributed by atoms with Gasteiger partial charge >= 0.3 is 0 Å². The number of nitrogens with zero attached hydrogens (tertiary/aromatic N) is 1. The van der Waals surface area contributed by atoms with Gasteiger partial charge in [-0.3, -0.25) is 0 Å². The predicted molar refractivity (Wildman–Crippen MR) is 47.2 cm³/mol. The van der Waals surface area contributed by atoms with Crippen molar-refractivity contribution in [3.8, 4) is 0 Å². The summed E-state index contributed by atoms with van der Waals surface area (Å²) in [6.45, 7) is 7.62. The first-order valence-electron chi connectivity index (χ1n) is 4.27. The molecule has 0 heterocycles. The van der Waals surface area contributed by atoms with E-state index in [-0.39, 0.29) is 0 Å². The number of hydrogen-bond donors (Lipinski definition) is 0. The van der Waals surface area contributed by atoms with Crippen molar-refractivity contribution >= 4 is 0 Å². The Hall–Kier alpha value is -0.0400. The fraction of sp³-hybridized carbons (Fsp3) is 1.00. The molecule has 10 heavy (non-hydrogen) atoms. The van der Waals surface area contributed by atoms with Crippen LogP contribution in [0.4, 0.5) is 0 Å². The Balaban J connectivity index is 0.000000371. The zero-order valence-electron chi connectivity index (χ0n) is 8.07. The molecule has 1 aliphatic carbocycles. The Morgan fingerprint density at radius 2 is 1.60 bits per heavy atom. The van der Waals surface area contributed by atoms with Crippen LogP contribution in [0.3, 0.4) is 0 Å². The summed E-state index contributed by atoms with van der Waals surface area (Å²) in [5, 5.41) is 0. The van der Waals surface area contributed by atoms with E-state index < -0.39 is 0 Å². The number of rotatable bonds is 2. The topological polar surface area (TPSA) is 3.24 Å². The molecule has 0 bridgehead atoms. The minimum absolute atomic E-state index is 0.698. The van der Waals surface area contributed by atoms with Gasteiger partial charge in [-0.1, -0.05) is 20.8 Å². The average Bonchev–Trinajstić information content (AvgIpc) is 2.51. The molecule has 0 unspecified atom stereocenters. The lowest BCUT2D eigenvalue weighted by molar-refractivity contribution is 0.326. The van der Waals surface area contributed by atoms with Crippen LogP contribution in [0.25, 0.3) is 0 Å². The first-order valence-corrected chi connectivity index (χ1v) is 4.27. The van der Waals surface area contributed by atoms with Crippen molar-refractivity contribution in [1.29, 1.82) is 0 Å². The SMILES string of the molecule is CC.CN(C)CC1(C)CC1. The first-order chi connectivity index (χ1) is 4.62. The van der Waals surface area contributed by atoms with Gasteiger partial charge in [-0.2, -0.15) is 0 Å². The third kappa shape index (κ3) is 3.89. The van der Waals surface area contributed by atoms with Crippen LogP contribution >= 0.6 is 0 Å². The lowest BCUT2D eigenvalue weighted by Gasteiger charge is -2.14. The van der Waals surface area contributed by atoms with Gasteiger partial charge in [0.25, 0.3) is 0 Å². The van der Waals surface area contributed by atoms with E-state index in [0.717, 1.165) is 0 Å². The van der Waals surface area contributed by atoms with Gasteiger partial charge in [0, 0.05) is 6.54 Å². The molecule has 0 amide bonds. The van der Waals surface area contributed by atoms with E-state index in [0.29, 0.717) is 5.41 Å². The largest absolute Gasteiger partial charge is 0.309 e. The summed E-state index contributed by atoms with van der Waals surface area (Å²) in [4.78, 5) is 2.27. The molecule has 0 saturated heterocycles. The molecule has 0 aliphatic heterocycles. The summed E-state index contributed by atoms with van der Waals surface area (Å²) < 4.78 is 0. The Morgan fingerprint density at radius 1 is 1.20 bits per heavy atom. The van der Waals surface area contributed by atoms with Crippen molar-refractivity contribution in [3.05, 3.63) is 0 Å². The van der Waals surface area contributed by atoms with Gasteiger partial charge in [0.2, 0.25) is 0 Å². The lowest BCUT2D eigenvalue weighted by atomic mass is 10.1. The van der Waals surface area contributed by atoms with E-state index in [4.69, 9.17) is 0 Å². The van der Waals surface area contributed by atoms with E-state index in [1.54, 1.807) is 0 Å². The second-order valence-corrected chi connectivity index (χ2v) is 3.55. The van der Waals surface area contributed by atoms with Crippen LogP contribution in [0.5, 0.6) is 0 Å². The highest BCUT2D eigenvalue weighted by molar-refractivity contribution is 4.89. The molecule has 1 fully saturated rings. The minimum atomic E-state index is 0.698. The maximum absolute atomic E-state index is 2.35. The Bertz CT molecular complexity index is 82.7. The van der Waals surface area contributed by atoms with E-state index in [1.165, 1.54) is 19.4 Å². The van der Waals surface area contributed by atoms with E-state index in [9.17, 15) is 0 Å². The second-order valence-electron chi connectivity index (χ2n) is 3.55. The van der Waals surface area contributed by atoms with Crippen molar-refractivity contribution in [2.45, 2.75) is 33.6 Å². The molecule has 1 saturated carbocycles. The smallest absolute Gasteiger partial charge is 0.00292 e. The summed E-state index contributed by atoms with van der Waals surface area (Å²) in [5.74, 6) is 0. The van der Waals surface area contributed by atoms with Crippen LogP contribution in [-0.4, -0.2) is 25.5 Å². The fourth-order valence-electron chi connectivity index (χ4n) is 1.13. The van der Waals surface area contributed by atoms with Crippen molar-refractivity contribution < 1.29 is 0 Å². The molecule has 0 spiro atoms. The third-order valence-corrected chi connectivity index (χ3v) is 1.80. The molecule has 1 rings (SSSR count). The molecule has 1 aliphatic rings. The first kappa shape index (κ1) is 9.96. The van der Waals surface area contributed by atoms with E-state index in [2.05, 4.69) is 25.9 Å². The maximum atomic E-state index is 2.35. The molecule has 0 aromatic carbocycles.